The molecule has 1 fully saturated rings. The van der Waals surface area contributed by atoms with Crippen LogP contribution in [0.15, 0.2) is 30.3 Å². The van der Waals surface area contributed by atoms with E-state index in [1.54, 1.807) is 4.90 Å². The van der Waals surface area contributed by atoms with E-state index in [1.165, 1.54) is 0 Å². The first-order valence-electron chi connectivity index (χ1n) is 6.94. The molecule has 1 aromatic rings. The van der Waals surface area contributed by atoms with Gasteiger partial charge in [0, 0.05) is 38.7 Å². The zero-order valence-corrected chi connectivity index (χ0v) is 11.9. The van der Waals surface area contributed by atoms with E-state index >= 15 is 0 Å². The number of benzene rings is 1. The van der Waals surface area contributed by atoms with Gasteiger partial charge in [0.2, 0.25) is 0 Å². The summed E-state index contributed by atoms with van der Waals surface area (Å²) in [5.74, 6) is 0.0896. The molecule has 1 atom stereocenters. The summed E-state index contributed by atoms with van der Waals surface area (Å²) in [4.78, 5) is 15.9. The number of ether oxygens (including phenoxy) is 1. The summed E-state index contributed by atoms with van der Waals surface area (Å²) in [5, 5.41) is 9.34. The number of rotatable bonds is 3. The average molecular weight is 278 g/mol. The molecule has 1 aliphatic heterocycles. The average Bonchev–Trinajstić information content (AvgIpc) is 2.67. The Labute approximate surface area is 119 Å². The minimum absolute atomic E-state index is 0.0896. The molecule has 1 aromatic carbocycles. The van der Waals surface area contributed by atoms with Crippen LogP contribution in [-0.4, -0.2) is 60.8 Å². The number of carbonyl (C=O) groups is 1. The molecule has 5 heteroatoms. The highest BCUT2D eigenvalue weighted by molar-refractivity contribution is 5.67. The van der Waals surface area contributed by atoms with Crippen LogP contribution in [0.5, 0.6) is 0 Å². The van der Waals surface area contributed by atoms with Crippen LogP contribution in [0, 0.1) is 5.92 Å². The van der Waals surface area contributed by atoms with Gasteiger partial charge in [-0.3, -0.25) is 0 Å². The first kappa shape index (κ1) is 14.8. The fraction of sp³-hybridized carbons (Fsp3) is 0.533. The summed E-state index contributed by atoms with van der Waals surface area (Å²) >= 11 is 0. The molecule has 2 rings (SSSR count). The van der Waals surface area contributed by atoms with Crippen molar-refractivity contribution in [2.24, 2.45) is 5.92 Å². The minimum Gasteiger partial charge on any atom is -0.445 e. The van der Waals surface area contributed by atoms with E-state index in [0.29, 0.717) is 13.1 Å². The van der Waals surface area contributed by atoms with Crippen LogP contribution in [0.2, 0.25) is 0 Å². The monoisotopic (exact) mass is 278 g/mol. The highest BCUT2D eigenvalue weighted by Crippen LogP contribution is 2.10. The van der Waals surface area contributed by atoms with Crippen molar-refractivity contribution < 1.29 is 14.6 Å². The fourth-order valence-corrected chi connectivity index (χ4v) is 2.38. The van der Waals surface area contributed by atoms with E-state index in [0.717, 1.165) is 18.7 Å². The molecule has 0 spiro atoms. The fourth-order valence-electron chi connectivity index (χ4n) is 2.38. The molecule has 1 unspecified atom stereocenters. The molecule has 1 aliphatic rings. The summed E-state index contributed by atoms with van der Waals surface area (Å²) in [7, 11) is 2.00. The SMILES string of the molecule is CN1CCN(C(=O)OCc2ccccc2)CC(CO)C1. The van der Waals surface area contributed by atoms with Gasteiger partial charge in [-0.05, 0) is 12.6 Å². The molecule has 0 saturated carbocycles. The van der Waals surface area contributed by atoms with Crippen LogP contribution in [0.25, 0.3) is 0 Å². The molecule has 1 heterocycles. The molecule has 0 radical (unpaired) electrons. The maximum Gasteiger partial charge on any atom is 0.410 e. The lowest BCUT2D eigenvalue weighted by Crippen LogP contribution is -2.37. The maximum absolute atomic E-state index is 12.1. The third kappa shape index (κ3) is 4.21. The van der Waals surface area contributed by atoms with E-state index in [4.69, 9.17) is 4.74 Å². The third-order valence-corrected chi connectivity index (χ3v) is 3.52. The van der Waals surface area contributed by atoms with Gasteiger partial charge >= 0.3 is 6.09 Å². The zero-order chi connectivity index (χ0) is 14.4. The van der Waals surface area contributed by atoms with Gasteiger partial charge in [0.1, 0.15) is 6.61 Å². The highest BCUT2D eigenvalue weighted by Gasteiger charge is 2.24. The van der Waals surface area contributed by atoms with Crippen LogP contribution in [0.3, 0.4) is 0 Å². The number of carbonyl (C=O) groups excluding carboxylic acids is 1. The first-order chi connectivity index (χ1) is 9.69. The van der Waals surface area contributed by atoms with Crippen molar-refractivity contribution >= 4 is 6.09 Å². The van der Waals surface area contributed by atoms with Gasteiger partial charge < -0.3 is 19.6 Å². The molecule has 0 aliphatic carbocycles. The van der Waals surface area contributed by atoms with Crippen molar-refractivity contribution in [1.29, 1.82) is 0 Å². The number of hydrogen-bond donors (Lipinski definition) is 1. The van der Waals surface area contributed by atoms with Gasteiger partial charge in [0.15, 0.2) is 0 Å². The Morgan fingerprint density at radius 2 is 2.05 bits per heavy atom. The number of amides is 1. The second kappa shape index (κ2) is 7.26. The van der Waals surface area contributed by atoms with Crippen LogP contribution in [-0.2, 0) is 11.3 Å². The summed E-state index contributed by atoms with van der Waals surface area (Å²) in [5.41, 5.74) is 0.978. The van der Waals surface area contributed by atoms with Crippen molar-refractivity contribution in [2.75, 3.05) is 39.8 Å². The predicted molar refractivity (Wildman–Crippen MR) is 76.3 cm³/mol. The van der Waals surface area contributed by atoms with E-state index in [9.17, 15) is 9.90 Å². The highest BCUT2D eigenvalue weighted by atomic mass is 16.6. The second-order valence-electron chi connectivity index (χ2n) is 5.30. The first-order valence-corrected chi connectivity index (χ1v) is 6.94. The van der Waals surface area contributed by atoms with Gasteiger partial charge in [0.05, 0.1) is 0 Å². The normalized spacial score (nSPS) is 20.5. The smallest absolute Gasteiger partial charge is 0.410 e. The lowest BCUT2D eigenvalue weighted by Gasteiger charge is -2.22. The second-order valence-corrected chi connectivity index (χ2v) is 5.30. The Bertz CT molecular complexity index is 424. The summed E-state index contributed by atoms with van der Waals surface area (Å²) in [6.45, 7) is 3.17. The largest absolute Gasteiger partial charge is 0.445 e. The molecule has 1 N–H and O–H groups in total. The Morgan fingerprint density at radius 1 is 1.30 bits per heavy atom. The zero-order valence-electron chi connectivity index (χ0n) is 11.9. The number of likely N-dealkylation sites (N-methyl/N-ethyl adjacent to an activating group) is 1. The lowest BCUT2D eigenvalue weighted by atomic mass is 10.1. The van der Waals surface area contributed by atoms with Crippen LogP contribution in [0.4, 0.5) is 4.79 Å². The van der Waals surface area contributed by atoms with Gasteiger partial charge in [-0.1, -0.05) is 30.3 Å². The standard InChI is InChI=1S/C15H22N2O3/c1-16-7-8-17(10-14(9-16)11-18)15(19)20-12-13-5-3-2-4-6-13/h2-6,14,18H,7-12H2,1H3. The van der Waals surface area contributed by atoms with Gasteiger partial charge in [-0.2, -0.15) is 0 Å². The Balaban J connectivity index is 1.87. The van der Waals surface area contributed by atoms with Crippen LogP contribution < -0.4 is 0 Å². The summed E-state index contributed by atoms with van der Waals surface area (Å²) < 4.78 is 5.34. The molecular weight excluding hydrogens is 256 g/mol. The van der Waals surface area contributed by atoms with Crippen molar-refractivity contribution in [3.63, 3.8) is 0 Å². The summed E-state index contributed by atoms with van der Waals surface area (Å²) in [6.07, 6.45) is -0.303. The van der Waals surface area contributed by atoms with Crippen molar-refractivity contribution in [3.05, 3.63) is 35.9 Å². The van der Waals surface area contributed by atoms with Gasteiger partial charge in [0.25, 0.3) is 0 Å². The number of nitrogens with zero attached hydrogens (tertiary/aromatic N) is 2. The van der Waals surface area contributed by atoms with Crippen molar-refractivity contribution in [3.8, 4) is 0 Å². The van der Waals surface area contributed by atoms with Crippen molar-refractivity contribution in [1.82, 2.24) is 9.80 Å². The molecular formula is C15H22N2O3. The lowest BCUT2D eigenvalue weighted by molar-refractivity contribution is 0.0896. The predicted octanol–water partition coefficient (Wildman–Crippen LogP) is 1.18. The van der Waals surface area contributed by atoms with E-state index < -0.39 is 0 Å². The third-order valence-electron chi connectivity index (χ3n) is 3.52. The summed E-state index contributed by atoms with van der Waals surface area (Å²) in [6, 6.07) is 9.64. The Kier molecular flexibility index (Phi) is 5.38. The minimum atomic E-state index is -0.303. The number of aliphatic hydroxyl groups excluding tert-OH is 1. The van der Waals surface area contributed by atoms with Crippen LogP contribution >= 0.6 is 0 Å². The Hall–Kier alpha value is -1.59. The van der Waals surface area contributed by atoms with E-state index in [1.807, 2.05) is 37.4 Å². The topological polar surface area (TPSA) is 53.0 Å². The Morgan fingerprint density at radius 3 is 2.75 bits per heavy atom. The molecule has 1 saturated heterocycles. The van der Waals surface area contributed by atoms with E-state index in [-0.39, 0.29) is 25.2 Å². The quantitative estimate of drug-likeness (QED) is 0.902. The molecule has 0 bridgehead atoms. The van der Waals surface area contributed by atoms with Crippen LogP contribution in [0.1, 0.15) is 5.56 Å². The van der Waals surface area contributed by atoms with Crippen molar-refractivity contribution in [2.45, 2.75) is 6.61 Å². The maximum atomic E-state index is 12.1. The van der Waals surface area contributed by atoms with Gasteiger partial charge in [-0.25, -0.2) is 4.79 Å². The molecule has 110 valence electrons. The number of hydrogen-bond acceptors (Lipinski definition) is 4. The molecule has 20 heavy (non-hydrogen) atoms. The number of aliphatic hydroxyl groups is 1. The van der Waals surface area contributed by atoms with Gasteiger partial charge in [-0.15, -0.1) is 0 Å². The van der Waals surface area contributed by atoms with E-state index in [2.05, 4.69) is 4.90 Å². The molecule has 1 amide bonds. The molecule has 0 aromatic heterocycles. The molecule has 5 nitrogen and oxygen atoms in total.